The first-order valence-electron chi connectivity index (χ1n) is 10.8. The molecule has 0 radical (unpaired) electrons. The second-order valence-electron chi connectivity index (χ2n) is 8.37. The Morgan fingerprint density at radius 2 is 1.72 bits per heavy atom. The van der Waals surface area contributed by atoms with Crippen molar-refractivity contribution in [3.8, 4) is 17.2 Å². The van der Waals surface area contributed by atoms with Crippen molar-refractivity contribution in [3.63, 3.8) is 0 Å². The van der Waals surface area contributed by atoms with Gasteiger partial charge in [-0.25, -0.2) is 0 Å². The van der Waals surface area contributed by atoms with Crippen LogP contribution >= 0.6 is 0 Å². The fourth-order valence-corrected chi connectivity index (χ4v) is 4.11. The Morgan fingerprint density at radius 1 is 1.00 bits per heavy atom. The van der Waals surface area contributed by atoms with Crippen LogP contribution in [0.2, 0.25) is 0 Å². The molecule has 0 aliphatic carbocycles. The molecule has 1 saturated heterocycles. The molecular weight excluding hydrogens is 408 g/mol. The first kappa shape index (κ1) is 23.4. The summed E-state index contributed by atoms with van der Waals surface area (Å²) in [5.41, 5.74) is 1.42. The predicted molar refractivity (Wildman–Crippen MR) is 123 cm³/mol. The van der Waals surface area contributed by atoms with Crippen LogP contribution in [0.15, 0.2) is 42.5 Å². The Balaban J connectivity index is 1.92. The zero-order valence-electron chi connectivity index (χ0n) is 19.4. The number of nitrogens with zero attached hydrogens (tertiary/aromatic N) is 1. The van der Waals surface area contributed by atoms with Crippen LogP contribution in [0.3, 0.4) is 0 Å². The third kappa shape index (κ3) is 4.98. The summed E-state index contributed by atoms with van der Waals surface area (Å²) in [6.07, 6.45) is 0. The van der Waals surface area contributed by atoms with Gasteiger partial charge in [-0.3, -0.25) is 9.59 Å². The second-order valence-corrected chi connectivity index (χ2v) is 8.37. The lowest BCUT2D eigenvalue weighted by molar-refractivity contribution is -0.125. The number of likely N-dealkylation sites (tertiary alicyclic amines) is 1. The number of amides is 2. The van der Waals surface area contributed by atoms with Gasteiger partial charge in [0.15, 0.2) is 11.5 Å². The van der Waals surface area contributed by atoms with Crippen LogP contribution in [0.25, 0.3) is 0 Å². The first-order chi connectivity index (χ1) is 15.4. The van der Waals surface area contributed by atoms with Crippen molar-refractivity contribution in [1.82, 2.24) is 10.2 Å². The molecule has 2 amide bonds. The Labute approximate surface area is 189 Å². The van der Waals surface area contributed by atoms with Gasteiger partial charge in [0.25, 0.3) is 5.91 Å². The highest BCUT2D eigenvalue weighted by molar-refractivity contribution is 5.95. The largest absolute Gasteiger partial charge is 0.497 e. The molecule has 1 aliphatic heterocycles. The molecular formula is C25H32N2O5. The van der Waals surface area contributed by atoms with Crippen LogP contribution in [0.5, 0.6) is 17.2 Å². The molecule has 1 heterocycles. The van der Waals surface area contributed by atoms with Crippen molar-refractivity contribution < 1.29 is 23.8 Å². The highest BCUT2D eigenvalue weighted by Gasteiger charge is 2.42. The van der Waals surface area contributed by atoms with Crippen LogP contribution in [-0.2, 0) is 4.79 Å². The molecule has 1 aliphatic rings. The van der Waals surface area contributed by atoms with Crippen molar-refractivity contribution in [2.75, 3.05) is 41.0 Å². The molecule has 1 fully saturated rings. The average Bonchev–Trinajstić information content (AvgIpc) is 3.26. The Morgan fingerprint density at radius 3 is 2.31 bits per heavy atom. The van der Waals surface area contributed by atoms with Gasteiger partial charge in [-0.2, -0.15) is 0 Å². The van der Waals surface area contributed by atoms with E-state index in [0.29, 0.717) is 48.4 Å². The van der Waals surface area contributed by atoms with E-state index in [9.17, 15) is 9.59 Å². The van der Waals surface area contributed by atoms with E-state index in [1.54, 1.807) is 50.5 Å². The minimum absolute atomic E-state index is 0.0568. The van der Waals surface area contributed by atoms with Crippen LogP contribution in [0.1, 0.15) is 35.7 Å². The molecule has 7 heteroatoms. The number of rotatable bonds is 8. The standard InChI is InChI=1S/C25H32N2O5/c1-16(2)13-26-24(28)21-15-27(25(29)17-9-11-18(30-3)12-10-17)14-20(21)19-7-6-8-22(31-4)23(19)32-5/h6-12,16,20-21H,13-15H2,1-5H3,(H,26,28)/t20-,21-/m1/s1. The molecule has 2 atom stereocenters. The van der Waals surface area contributed by atoms with Gasteiger partial charge in [0, 0.05) is 36.7 Å². The maximum Gasteiger partial charge on any atom is 0.253 e. The van der Waals surface area contributed by atoms with Gasteiger partial charge in [0.05, 0.1) is 27.2 Å². The van der Waals surface area contributed by atoms with Crippen molar-refractivity contribution in [1.29, 1.82) is 0 Å². The van der Waals surface area contributed by atoms with E-state index in [1.165, 1.54) is 0 Å². The van der Waals surface area contributed by atoms with Gasteiger partial charge in [-0.05, 0) is 36.2 Å². The highest BCUT2D eigenvalue weighted by atomic mass is 16.5. The second kappa shape index (κ2) is 10.4. The third-order valence-electron chi connectivity index (χ3n) is 5.80. The number of carbonyl (C=O) groups is 2. The van der Waals surface area contributed by atoms with Crippen LogP contribution in [-0.4, -0.2) is 57.7 Å². The number of para-hydroxylation sites is 1. The number of nitrogens with one attached hydrogen (secondary N) is 1. The molecule has 3 rings (SSSR count). The molecule has 0 bridgehead atoms. The van der Waals surface area contributed by atoms with E-state index in [1.807, 2.05) is 18.2 Å². The maximum absolute atomic E-state index is 13.2. The molecule has 0 saturated carbocycles. The van der Waals surface area contributed by atoms with Crippen molar-refractivity contribution in [2.24, 2.45) is 11.8 Å². The lowest BCUT2D eigenvalue weighted by atomic mass is 9.87. The Bertz CT molecular complexity index is 942. The van der Waals surface area contributed by atoms with Crippen LogP contribution < -0.4 is 19.5 Å². The highest BCUT2D eigenvalue weighted by Crippen LogP contribution is 2.42. The van der Waals surface area contributed by atoms with Crippen molar-refractivity contribution in [3.05, 3.63) is 53.6 Å². The average molecular weight is 441 g/mol. The van der Waals surface area contributed by atoms with Crippen LogP contribution in [0, 0.1) is 11.8 Å². The minimum Gasteiger partial charge on any atom is -0.497 e. The molecule has 0 unspecified atom stereocenters. The fraction of sp³-hybridized carbons (Fsp3) is 0.440. The van der Waals surface area contributed by atoms with E-state index < -0.39 is 5.92 Å². The summed E-state index contributed by atoms with van der Waals surface area (Å²) in [4.78, 5) is 28.1. The van der Waals surface area contributed by atoms with Crippen LogP contribution in [0.4, 0.5) is 0 Å². The number of benzene rings is 2. The number of carbonyl (C=O) groups excluding carboxylic acids is 2. The Hall–Kier alpha value is -3.22. The number of hydrogen-bond acceptors (Lipinski definition) is 5. The summed E-state index contributed by atoms with van der Waals surface area (Å²) in [7, 11) is 4.76. The van der Waals surface area contributed by atoms with Crippen molar-refractivity contribution >= 4 is 11.8 Å². The maximum atomic E-state index is 13.2. The van der Waals surface area contributed by atoms with E-state index in [0.717, 1.165) is 5.56 Å². The molecule has 2 aromatic carbocycles. The van der Waals surface area contributed by atoms with Gasteiger partial charge < -0.3 is 24.4 Å². The third-order valence-corrected chi connectivity index (χ3v) is 5.80. The summed E-state index contributed by atoms with van der Waals surface area (Å²) < 4.78 is 16.3. The smallest absolute Gasteiger partial charge is 0.253 e. The molecule has 7 nitrogen and oxygen atoms in total. The molecule has 0 aromatic heterocycles. The molecule has 32 heavy (non-hydrogen) atoms. The number of ether oxygens (including phenoxy) is 3. The molecule has 1 N–H and O–H groups in total. The SMILES string of the molecule is COc1ccc(C(=O)N2C[C@H](c3cccc(OC)c3OC)[C@H](C(=O)NCC(C)C)C2)cc1. The normalized spacial score (nSPS) is 17.9. The lowest BCUT2D eigenvalue weighted by Gasteiger charge is -2.22. The summed E-state index contributed by atoms with van der Waals surface area (Å²) in [6, 6.07) is 12.7. The summed E-state index contributed by atoms with van der Waals surface area (Å²) in [5.74, 6) is 1.45. The van der Waals surface area contributed by atoms with E-state index in [4.69, 9.17) is 14.2 Å². The molecule has 2 aromatic rings. The Kier molecular flexibility index (Phi) is 7.62. The monoisotopic (exact) mass is 440 g/mol. The van der Waals surface area contributed by atoms with Crippen molar-refractivity contribution in [2.45, 2.75) is 19.8 Å². The summed E-state index contributed by atoms with van der Waals surface area (Å²) in [5, 5.41) is 3.04. The van der Waals surface area contributed by atoms with Gasteiger partial charge in [-0.1, -0.05) is 26.0 Å². The zero-order valence-corrected chi connectivity index (χ0v) is 19.4. The van der Waals surface area contributed by atoms with E-state index in [2.05, 4.69) is 19.2 Å². The zero-order chi connectivity index (χ0) is 23.3. The van der Waals surface area contributed by atoms with Gasteiger partial charge in [0.2, 0.25) is 5.91 Å². The fourth-order valence-electron chi connectivity index (χ4n) is 4.11. The number of hydrogen-bond donors (Lipinski definition) is 1. The van der Waals surface area contributed by atoms with Gasteiger partial charge in [-0.15, -0.1) is 0 Å². The predicted octanol–water partition coefficient (Wildman–Crippen LogP) is 3.34. The molecule has 172 valence electrons. The van der Waals surface area contributed by atoms with Gasteiger partial charge >= 0.3 is 0 Å². The topological polar surface area (TPSA) is 77.1 Å². The van der Waals surface area contributed by atoms with E-state index >= 15 is 0 Å². The van der Waals surface area contributed by atoms with Gasteiger partial charge in [0.1, 0.15) is 5.75 Å². The summed E-state index contributed by atoms with van der Waals surface area (Å²) >= 11 is 0. The minimum atomic E-state index is -0.392. The molecule has 0 spiro atoms. The quantitative estimate of drug-likeness (QED) is 0.681. The first-order valence-corrected chi connectivity index (χ1v) is 10.8. The number of methoxy groups -OCH3 is 3. The summed E-state index contributed by atoms with van der Waals surface area (Å²) in [6.45, 7) is 5.44. The van der Waals surface area contributed by atoms with E-state index in [-0.39, 0.29) is 17.7 Å². The lowest BCUT2D eigenvalue weighted by Crippen LogP contribution is -2.37.